The molecule has 13 rings (SSSR count). The molecule has 0 radical (unpaired) electrons. The summed E-state index contributed by atoms with van der Waals surface area (Å²) in [6.45, 7) is 13.9. The van der Waals surface area contributed by atoms with E-state index in [1.54, 1.807) is 0 Å². The van der Waals surface area contributed by atoms with Crippen molar-refractivity contribution in [3.05, 3.63) is 242 Å². The normalized spacial score (nSPS) is 13.0. The van der Waals surface area contributed by atoms with Crippen LogP contribution >= 0.6 is 0 Å². The van der Waals surface area contributed by atoms with Crippen LogP contribution in [0, 0.1) is 0 Å². The van der Waals surface area contributed by atoms with E-state index in [4.69, 9.17) is 4.42 Å². The van der Waals surface area contributed by atoms with Gasteiger partial charge in [-0.1, -0.05) is 181 Å². The first kappa shape index (κ1) is 44.4. The number of para-hydroxylation sites is 3. The zero-order valence-corrected chi connectivity index (χ0v) is 42.3. The number of nitrogens with zero attached hydrogens (tertiary/aromatic N) is 3. The summed E-state index contributed by atoms with van der Waals surface area (Å²) in [5, 5.41) is 2.27. The van der Waals surface area contributed by atoms with Gasteiger partial charge in [0.15, 0.2) is 0 Å². The second kappa shape index (κ2) is 17.1. The Morgan fingerprint density at radius 2 is 0.849 bits per heavy atom. The van der Waals surface area contributed by atoms with Crippen LogP contribution < -0.4 is 31.1 Å². The highest BCUT2D eigenvalue weighted by Crippen LogP contribution is 2.49. The monoisotopic (exact) mass is 941 g/mol. The van der Waals surface area contributed by atoms with E-state index in [9.17, 15) is 0 Å². The number of benzene rings is 10. The van der Waals surface area contributed by atoms with Crippen LogP contribution in [-0.4, -0.2) is 6.71 Å². The van der Waals surface area contributed by atoms with Gasteiger partial charge in [0, 0.05) is 56.3 Å². The van der Waals surface area contributed by atoms with Crippen LogP contribution in [0.25, 0.3) is 44.2 Å². The van der Waals surface area contributed by atoms with Gasteiger partial charge >= 0.3 is 0 Å². The molecular formula is C68H56BN3O. The quantitative estimate of drug-likeness (QED) is 0.149. The average molecular weight is 942 g/mol. The van der Waals surface area contributed by atoms with Gasteiger partial charge in [-0.05, 0) is 152 Å². The molecule has 0 fully saturated rings. The van der Waals surface area contributed by atoms with Crippen LogP contribution in [0.1, 0.15) is 52.7 Å². The summed E-state index contributed by atoms with van der Waals surface area (Å²) in [4.78, 5) is 7.50. The maximum atomic E-state index is 6.38. The smallest absolute Gasteiger partial charge is 0.252 e. The molecule has 3 heterocycles. The summed E-state index contributed by atoms with van der Waals surface area (Å²) in [5.74, 6) is 0. The van der Waals surface area contributed by atoms with Crippen LogP contribution in [0.2, 0.25) is 0 Å². The Hall–Kier alpha value is -8.54. The maximum absolute atomic E-state index is 6.38. The number of hydrogen-bond donors (Lipinski definition) is 0. The highest BCUT2D eigenvalue weighted by atomic mass is 16.3. The third-order valence-electron chi connectivity index (χ3n) is 15.1. The van der Waals surface area contributed by atoms with Gasteiger partial charge in [-0.15, -0.1) is 0 Å². The summed E-state index contributed by atoms with van der Waals surface area (Å²) >= 11 is 0. The Morgan fingerprint density at radius 3 is 1.47 bits per heavy atom. The van der Waals surface area contributed by atoms with Crippen molar-refractivity contribution in [3.63, 3.8) is 0 Å². The Morgan fingerprint density at radius 1 is 0.356 bits per heavy atom. The molecule has 4 nitrogen and oxygen atoms in total. The predicted molar refractivity (Wildman–Crippen MR) is 311 cm³/mol. The van der Waals surface area contributed by atoms with Crippen LogP contribution in [0.5, 0.6) is 0 Å². The average Bonchev–Trinajstić information content (AvgIpc) is 3.79. The second-order valence-electron chi connectivity index (χ2n) is 21.8. The van der Waals surface area contributed by atoms with Crippen LogP contribution in [0.15, 0.2) is 235 Å². The molecule has 0 saturated carbocycles. The molecule has 73 heavy (non-hydrogen) atoms. The molecule has 2 aliphatic rings. The van der Waals surface area contributed by atoms with Crippen LogP contribution in [0.3, 0.4) is 0 Å². The Kier molecular flexibility index (Phi) is 10.4. The molecule has 0 N–H and O–H groups in total. The lowest BCUT2D eigenvalue weighted by atomic mass is 9.33. The summed E-state index contributed by atoms with van der Waals surface area (Å²) in [6.07, 6.45) is 0. The largest absolute Gasteiger partial charge is 0.456 e. The number of furan rings is 1. The molecule has 5 heteroatoms. The van der Waals surface area contributed by atoms with Crippen molar-refractivity contribution in [2.24, 2.45) is 0 Å². The van der Waals surface area contributed by atoms with Crippen molar-refractivity contribution >= 4 is 96.2 Å². The van der Waals surface area contributed by atoms with Gasteiger partial charge in [-0.2, -0.15) is 0 Å². The van der Waals surface area contributed by atoms with Gasteiger partial charge < -0.3 is 19.1 Å². The predicted octanol–water partition coefficient (Wildman–Crippen LogP) is 17.1. The summed E-state index contributed by atoms with van der Waals surface area (Å²) < 4.78 is 6.38. The van der Waals surface area contributed by atoms with E-state index in [0.29, 0.717) is 0 Å². The van der Waals surface area contributed by atoms with Gasteiger partial charge in [0.25, 0.3) is 6.71 Å². The third-order valence-corrected chi connectivity index (χ3v) is 15.1. The minimum absolute atomic E-state index is 0.0480. The van der Waals surface area contributed by atoms with Crippen LogP contribution in [-0.2, 0) is 10.8 Å². The van der Waals surface area contributed by atoms with Gasteiger partial charge in [-0.3, -0.25) is 0 Å². The fraction of sp³-hybridized carbons (Fsp3) is 0.118. The van der Waals surface area contributed by atoms with Crippen molar-refractivity contribution in [2.75, 3.05) is 14.7 Å². The highest BCUT2D eigenvalue weighted by molar-refractivity contribution is 7.00. The molecule has 10 aromatic carbocycles. The first-order valence-corrected chi connectivity index (χ1v) is 25.6. The molecule has 0 amide bonds. The van der Waals surface area contributed by atoms with E-state index in [0.717, 1.165) is 72.9 Å². The molecule has 2 aliphatic heterocycles. The Bertz CT molecular complexity index is 3830. The van der Waals surface area contributed by atoms with Gasteiger partial charge in [0.1, 0.15) is 11.2 Å². The maximum Gasteiger partial charge on any atom is 0.252 e. The highest BCUT2D eigenvalue weighted by Gasteiger charge is 2.45. The lowest BCUT2D eigenvalue weighted by molar-refractivity contribution is 0.590. The van der Waals surface area contributed by atoms with E-state index < -0.39 is 0 Å². The first-order chi connectivity index (χ1) is 35.5. The van der Waals surface area contributed by atoms with Crippen molar-refractivity contribution in [3.8, 4) is 22.3 Å². The SMILES string of the molecule is CC(C)(C)c1ccc2c(c1)B1c3ccc(C(C)(C)C)cc3N(c3ccc(-c4ccc5c(c4)oc4ccccc45)cc3)c3cc(N(c4ccccc4)c4ccccc4)cc(c31)N2c1ccc(-c2ccccc2)cc1. The van der Waals surface area contributed by atoms with E-state index in [1.165, 1.54) is 50.0 Å². The molecule has 0 spiro atoms. The molecule has 0 atom stereocenters. The minimum atomic E-state index is -0.0862. The standard InChI is InChI=1S/C68H56BN3O/c1-67(2,3)49-32-39-60-59(41-49)69-58-38-31-50(68(4,5)6)42-61(58)72(54-35-28-47(29-36-54)48-30-37-57-56-24-16-17-25-64(56)73-65(57)40-48)63-44-55(70(51-20-12-8-13-21-51)52-22-14-9-15-23-52)43-62(66(63)69)71(60)53-33-26-46(27-34-53)45-18-10-7-11-19-45/h7-44H,1-6H3. The molecule has 0 saturated heterocycles. The van der Waals surface area contributed by atoms with Crippen molar-refractivity contribution in [1.29, 1.82) is 0 Å². The number of rotatable bonds is 7. The molecular weight excluding hydrogens is 886 g/mol. The molecule has 11 aromatic rings. The molecule has 0 unspecified atom stereocenters. The lowest BCUT2D eigenvalue weighted by Gasteiger charge is -2.45. The molecule has 0 aliphatic carbocycles. The Balaban J connectivity index is 1.08. The summed E-state index contributed by atoms with van der Waals surface area (Å²) in [6, 6.07) is 85.0. The van der Waals surface area contributed by atoms with E-state index in [1.807, 2.05) is 12.1 Å². The molecule has 352 valence electrons. The van der Waals surface area contributed by atoms with Crippen LogP contribution in [0.4, 0.5) is 51.2 Å². The van der Waals surface area contributed by atoms with E-state index in [-0.39, 0.29) is 17.5 Å². The fourth-order valence-electron chi connectivity index (χ4n) is 11.3. The first-order valence-electron chi connectivity index (χ1n) is 25.6. The van der Waals surface area contributed by atoms with Gasteiger partial charge in [0.2, 0.25) is 0 Å². The topological polar surface area (TPSA) is 22.9 Å². The van der Waals surface area contributed by atoms with E-state index in [2.05, 4.69) is 275 Å². The Labute approximate surface area is 429 Å². The minimum Gasteiger partial charge on any atom is -0.456 e. The fourth-order valence-corrected chi connectivity index (χ4v) is 11.3. The van der Waals surface area contributed by atoms with Gasteiger partial charge in [-0.25, -0.2) is 0 Å². The summed E-state index contributed by atoms with van der Waals surface area (Å²) in [7, 11) is 0. The zero-order valence-electron chi connectivity index (χ0n) is 42.3. The van der Waals surface area contributed by atoms with Gasteiger partial charge in [0.05, 0.1) is 5.69 Å². The summed E-state index contributed by atoms with van der Waals surface area (Å²) in [5.41, 5.74) is 22.9. The van der Waals surface area contributed by atoms with Crippen molar-refractivity contribution in [2.45, 2.75) is 52.4 Å². The molecule has 1 aromatic heterocycles. The molecule has 0 bridgehead atoms. The number of fused-ring (bicyclic) bond motifs is 7. The number of hydrogen-bond acceptors (Lipinski definition) is 4. The van der Waals surface area contributed by atoms with E-state index >= 15 is 0 Å². The third kappa shape index (κ3) is 7.61. The van der Waals surface area contributed by atoms with Crippen molar-refractivity contribution in [1.82, 2.24) is 0 Å². The zero-order chi connectivity index (χ0) is 49.6. The van der Waals surface area contributed by atoms with Crippen molar-refractivity contribution < 1.29 is 4.42 Å². The lowest BCUT2D eigenvalue weighted by Crippen LogP contribution is -2.61. The number of anilines is 9. The second-order valence-corrected chi connectivity index (χ2v) is 21.8.